The van der Waals surface area contributed by atoms with Crippen LogP contribution >= 0.6 is 0 Å². The summed E-state index contributed by atoms with van der Waals surface area (Å²) in [6.45, 7) is 21.3. The minimum Gasteiger partial charge on any atom is -0.0683 e. The van der Waals surface area contributed by atoms with Gasteiger partial charge in [0.15, 0.2) is 0 Å². The van der Waals surface area contributed by atoms with E-state index in [2.05, 4.69) is 77.9 Å². The van der Waals surface area contributed by atoms with Gasteiger partial charge in [0.05, 0.1) is 0 Å². The van der Waals surface area contributed by atoms with Gasteiger partial charge in [0.25, 0.3) is 0 Å². The van der Waals surface area contributed by atoms with Crippen molar-refractivity contribution < 1.29 is 0 Å². The van der Waals surface area contributed by atoms with Gasteiger partial charge in [0.2, 0.25) is 0 Å². The second-order valence-electron chi connectivity index (χ2n) is 6.21. The molecule has 0 atom stereocenters. The normalized spacial score (nSPS) is 9.11. The Kier molecular flexibility index (Phi) is 18.3. The number of benzene rings is 2. The molecular weight excluding hydrogens is 324 g/mol. The van der Waals surface area contributed by atoms with E-state index in [0.717, 1.165) is 12.8 Å². The minimum absolute atomic E-state index is 1.11. The summed E-state index contributed by atoms with van der Waals surface area (Å²) in [4.78, 5) is 0. The van der Waals surface area contributed by atoms with E-state index in [-0.39, 0.29) is 0 Å². The zero-order chi connectivity index (χ0) is 21.2. The van der Waals surface area contributed by atoms with Crippen molar-refractivity contribution in [3.63, 3.8) is 0 Å². The van der Waals surface area contributed by atoms with Gasteiger partial charge < -0.3 is 0 Å². The molecule has 2 rings (SSSR count). The van der Waals surface area contributed by atoms with Crippen molar-refractivity contribution in [2.75, 3.05) is 0 Å². The molecule has 0 aliphatic carbocycles. The SMILES string of the molecule is CC.CC.CCC.CCCc1c(C)cccc1-c1cccc(CC)c1CC. The molecule has 0 aromatic heterocycles. The highest BCUT2D eigenvalue weighted by Gasteiger charge is 2.12. The summed E-state index contributed by atoms with van der Waals surface area (Å²) >= 11 is 0. The average Bonchev–Trinajstić information content (AvgIpc) is 2.72. The molecule has 0 aliphatic rings. The molecule has 0 heterocycles. The largest absolute Gasteiger partial charge is 0.0683 e. The van der Waals surface area contributed by atoms with E-state index in [1.807, 2.05) is 27.7 Å². The number of hydrogen-bond donors (Lipinski definition) is 0. The Morgan fingerprint density at radius 1 is 0.630 bits per heavy atom. The molecule has 27 heavy (non-hydrogen) atoms. The molecule has 0 amide bonds. The molecule has 0 bridgehead atoms. The average molecular weight is 371 g/mol. The summed E-state index contributed by atoms with van der Waals surface area (Å²) in [5, 5.41) is 0. The molecule has 2 aromatic rings. The quantitative estimate of drug-likeness (QED) is 0.492. The van der Waals surface area contributed by atoms with Crippen molar-refractivity contribution in [2.45, 2.75) is 101 Å². The van der Waals surface area contributed by atoms with E-state index in [1.54, 1.807) is 0 Å². The van der Waals surface area contributed by atoms with Gasteiger partial charge in [-0.05, 0) is 59.6 Å². The number of aryl methyl sites for hydroxylation is 2. The van der Waals surface area contributed by atoms with Crippen molar-refractivity contribution in [3.05, 3.63) is 58.7 Å². The van der Waals surface area contributed by atoms with Crippen LogP contribution in [0.5, 0.6) is 0 Å². The van der Waals surface area contributed by atoms with Gasteiger partial charge in [-0.25, -0.2) is 0 Å². The molecule has 0 saturated carbocycles. The van der Waals surface area contributed by atoms with E-state index in [4.69, 9.17) is 0 Å². The first-order chi connectivity index (χ1) is 13.1. The molecular formula is C27H46. The highest BCUT2D eigenvalue weighted by molar-refractivity contribution is 5.73. The molecule has 0 heteroatoms. The molecule has 0 unspecified atom stereocenters. The molecule has 0 N–H and O–H groups in total. The van der Waals surface area contributed by atoms with Crippen molar-refractivity contribution in [2.24, 2.45) is 0 Å². The van der Waals surface area contributed by atoms with E-state index in [9.17, 15) is 0 Å². The number of rotatable bonds is 5. The smallest absolute Gasteiger partial charge is 0.0146 e. The van der Waals surface area contributed by atoms with Crippen molar-refractivity contribution in [3.8, 4) is 11.1 Å². The Balaban J connectivity index is 0. The summed E-state index contributed by atoms with van der Waals surface area (Å²) in [6, 6.07) is 13.5. The van der Waals surface area contributed by atoms with Gasteiger partial charge in [-0.1, -0.05) is 112 Å². The Morgan fingerprint density at radius 2 is 1.11 bits per heavy atom. The zero-order valence-electron chi connectivity index (χ0n) is 20.0. The van der Waals surface area contributed by atoms with E-state index >= 15 is 0 Å². The van der Waals surface area contributed by atoms with Gasteiger partial charge in [-0.2, -0.15) is 0 Å². The standard InChI is InChI=1S/C20H26.C3H8.2C2H6/c1-5-10-18-15(4)11-8-13-20(18)19-14-9-12-16(6-2)17(19)7-3;1-3-2;2*1-2/h8-9,11-14H,5-7,10H2,1-4H3;3H2,1-2H3;2*1-2H3. The summed E-state index contributed by atoms with van der Waals surface area (Å²) < 4.78 is 0. The van der Waals surface area contributed by atoms with E-state index < -0.39 is 0 Å². The van der Waals surface area contributed by atoms with Crippen LogP contribution in [0.3, 0.4) is 0 Å². The van der Waals surface area contributed by atoms with Crippen LogP contribution in [0.25, 0.3) is 11.1 Å². The first kappa shape index (κ1) is 27.7. The fourth-order valence-corrected chi connectivity index (χ4v) is 3.17. The first-order valence-electron chi connectivity index (χ1n) is 11.3. The molecule has 154 valence electrons. The molecule has 2 aromatic carbocycles. The summed E-state index contributed by atoms with van der Waals surface area (Å²) in [5.41, 5.74) is 8.86. The molecule has 0 radical (unpaired) electrons. The molecule has 0 fully saturated rings. The third-order valence-electron chi connectivity index (χ3n) is 4.21. The third-order valence-corrected chi connectivity index (χ3v) is 4.21. The second-order valence-corrected chi connectivity index (χ2v) is 6.21. The molecule has 0 aliphatic heterocycles. The summed E-state index contributed by atoms with van der Waals surface area (Å²) in [6.07, 6.45) is 5.85. The highest BCUT2D eigenvalue weighted by Crippen LogP contribution is 2.32. The van der Waals surface area contributed by atoms with Crippen LogP contribution < -0.4 is 0 Å². The van der Waals surface area contributed by atoms with Gasteiger partial charge >= 0.3 is 0 Å². The topological polar surface area (TPSA) is 0 Å². The van der Waals surface area contributed by atoms with Gasteiger partial charge in [0, 0.05) is 0 Å². The fourth-order valence-electron chi connectivity index (χ4n) is 3.17. The lowest BCUT2D eigenvalue weighted by molar-refractivity contribution is 0.913. The number of hydrogen-bond acceptors (Lipinski definition) is 0. The maximum Gasteiger partial charge on any atom is -0.0146 e. The Bertz CT molecular complexity index is 593. The van der Waals surface area contributed by atoms with Gasteiger partial charge in [-0.3, -0.25) is 0 Å². The Morgan fingerprint density at radius 3 is 1.56 bits per heavy atom. The predicted molar refractivity (Wildman–Crippen MR) is 128 cm³/mol. The lowest BCUT2D eigenvalue weighted by Gasteiger charge is -2.17. The van der Waals surface area contributed by atoms with Crippen LogP contribution in [-0.4, -0.2) is 0 Å². The summed E-state index contributed by atoms with van der Waals surface area (Å²) in [7, 11) is 0. The molecule has 0 saturated heterocycles. The molecule has 0 nitrogen and oxygen atoms in total. The zero-order valence-corrected chi connectivity index (χ0v) is 20.0. The maximum atomic E-state index is 2.30. The van der Waals surface area contributed by atoms with Crippen molar-refractivity contribution in [1.29, 1.82) is 0 Å². The Hall–Kier alpha value is -1.56. The van der Waals surface area contributed by atoms with Gasteiger partial charge in [-0.15, -0.1) is 0 Å². The lowest BCUT2D eigenvalue weighted by atomic mass is 9.87. The second kappa shape index (κ2) is 17.8. The Labute approximate surface area is 171 Å². The third kappa shape index (κ3) is 8.78. The van der Waals surface area contributed by atoms with Crippen LogP contribution in [0.2, 0.25) is 0 Å². The van der Waals surface area contributed by atoms with E-state index in [0.29, 0.717) is 0 Å². The molecule has 0 spiro atoms. The lowest BCUT2D eigenvalue weighted by Crippen LogP contribution is -1.99. The monoisotopic (exact) mass is 370 g/mol. The van der Waals surface area contributed by atoms with Gasteiger partial charge in [0.1, 0.15) is 0 Å². The fraction of sp³-hybridized carbons (Fsp3) is 0.556. The summed E-state index contributed by atoms with van der Waals surface area (Å²) in [5.74, 6) is 0. The van der Waals surface area contributed by atoms with Crippen LogP contribution in [0.4, 0.5) is 0 Å². The van der Waals surface area contributed by atoms with Crippen molar-refractivity contribution in [1.82, 2.24) is 0 Å². The van der Waals surface area contributed by atoms with Crippen molar-refractivity contribution >= 4 is 0 Å². The van der Waals surface area contributed by atoms with Crippen LogP contribution in [0.1, 0.15) is 97.4 Å². The van der Waals surface area contributed by atoms with Crippen LogP contribution in [0, 0.1) is 6.92 Å². The van der Waals surface area contributed by atoms with E-state index in [1.165, 1.54) is 52.6 Å². The highest BCUT2D eigenvalue weighted by atomic mass is 14.2. The first-order valence-corrected chi connectivity index (χ1v) is 11.3. The minimum atomic E-state index is 1.11. The predicted octanol–water partition coefficient (Wildman–Crippen LogP) is 9.21. The van der Waals surface area contributed by atoms with Crippen LogP contribution in [-0.2, 0) is 19.3 Å². The van der Waals surface area contributed by atoms with Crippen LogP contribution in [0.15, 0.2) is 36.4 Å². The maximum absolute atomic E-state index is 2.30.